The number of hydrogen-bond donors (Lipinski definition) is 0. The fraction of sp³-hybridized carbons (Fsp3) is 0.143. The smallest absolute Gasteiger partial charge is 0.344 e. The number of fused-ring (bicyclic) bond motifs is 1. The van der Waals surface area contributed by atoms with Crippen molar-refractivity contribution < 1.29 is 18.7 Å². The first-order valence-corrected chi connectivity index (χ1v) is 9.81. The highest BCUT2D eigenvalue weighted by atomic mass is 79.9. The number of halogens is 1. The van der Waals surface area contributed by atoms with E-state index in [1.165, 1.54) is 6.07 Å². The van der Waals surface area contributed by atoms with Crippen LogP contribution in [-0.2, 0) is 22.7 Å². The third kappa shape index (κ3) is 4.74. The van der Waals surface area contributed by atoms with Crippen molar-refractivity contribution in [2.24, 2.45) is 0 Å². The van der Waals surface area contributed by atoms with Crippen molar-refractivity contribution in [1.29, 1.82) is 0 Å². The first-order valence-electron chi connectivity index (χ1n) is 9.02. The van der Waals surface area contributed by atoms with Crippen LogP contribution in [0, 0.1) is 0 Å². The molecule has 0 fully saturated rings. The Labute approximate surface area is 179 Å². The molecule has 2 aromatic heterocycles. The predicted molar refractivity (Wildman–Crippen MR) is 111 cm³/mol. The summed E-state index contributed by atoms with van der Waals surface area (Å²) in [4.78, 5) is 23.7. The summed E-state index contributed by atoms with van der Waals surface area (Å²) in [7, 11) is 0. The minimum Gasteiger partial charge on any atom is -0.481 e. The van der Waals surface area contributed by atoms with Crippen molar-refractivity contribution >= 4 is 32.9 Å². The molecule has 0 saturated heterocycles. The van der Waals surface area contributed by atoms with Crippen molar-refractivity contribution in [2.45, 2.75) is 13.2 Å². The van der Waals surface area contributed by atoms with Gasteiger partial charge in [0, 0.05) is 4.47 Å². The molecule has 2 aromatic carbocycles. The zero-order chi connectivity index (χ0) is 20.9. The Morgan fingerprint density at radius 1 is 1.13 bits per heavy atom. The van der Waals surface area contributed by atoms with Gasteiger partial charge in [0.25, 0.3) is 0 Å². The fourth-order valence-corrected chi connectivity index (χ4v) is 3.23. The average molecular weight is 470 g/mol. The van der Waals surface area contributed by atoms with Gasteiger partial charge in [-0.25, -0.2) is 14.3 Å². The van der Waals surface area contributed by atoms with Gasteiger partial charge in [0.2, 0.25) is 0 Å². The number of benzene rings is 2. The Bertz CT molecular complexity index is 1250. The summed E-state index contributed by atoms with van der Waals surface area (Å²) in [6.45, 7) is 0.156. The monoisotopic (exact) mass is 469 g/mol. The number of para-hydroxylation sites is 1. The predicted octanol–water partition coefficient (Wildman–Crippen LogP) is 3.32. The van der Waals surface area contributed by atoms with Gasteiger partial charge >= 0.3 is 11.6 Å². The Morgan fingerprint density at radius 3 is 2.80 bits per heavy atom. The Kier molecular flexibility index (Phi) is 5.89. The number of aromatic nitrogens is 3. The summed E-state index contributed by atoms with van der Waals surface area (Å²) < 4.78 is 18.4. The molecule has 8 nitrogen and oxygen atoms in total. The van der Waals surface area contributed by atoms with Crippen LogP contribution in [-0.4, -0.2) is 27.6 Å². The molecule has 152 valence electrons. The van der Waals surface area contributed by atoms with Crippen LogP contribution in [0.5, 0.6) is 5.75 Å². The maximum atomic E-state index is 12.0. The zero-order valence-corrected chi connectivity index (χ0v) is 17.2. The first kappa shape index (κ1) is 19.8. The van der Waals surface area contributed by atoms with Gasteiger partial charge in [-0.2, -0.15) is 0 Å². The van der Waals surface area contributed by atoms with E-state index < -0.39 is 11.6 Å². The third-order valence-electron chi connectivity index (χ3n) is 4.21. The first-order chi connectivity index (χ1) is 14.6. The van der Waals surface area contributed by atoms with Crippen LogP contribution in [0.2, 0.25) is 0 Å². The van der Waals surface area contributed by atoms with Crippen LogP contribution in [0.25, 0.3) is 11.0 Å². The molecule has 9 heteroatoms. The lowest BCUT2D eigenvalue weighted by Crippen LogP contribution is -2.15. The summed E-state index contributed by atoms with van der Waals surface area (Å²) in [5, 5.41) is 8.65. The largest absolute Gasteiger partial charge is 0.481 e. The summed E-state index contributed by atoms with van der Waals surface area (Å²) in [5.41, 5.74) is 1.40. The maximum Gasteiger partial charge on any atom is 0.344 e. The van der Waals surface area contributed by atoms with Gasteiger partial charge in [-0.15, -0.1) is 5.10 Å². The molecule has 0 saturated carbocycles. The van der Waals surface area contributed by atoms with E-state index in [0.717, 1.165) is 10.0 Å². The summed E-state index contributed by atoms with van der Waals surface area (Å²) in [5.74, 6) is -0.328. The molecule has 0 N–H and O–H groups in total. The molecule has 0 spiro atoms. The second-order valence-corrected chi connectivity index (χ2v) is 7.23. The molecule has 0 unspecified atom stereocenters. The second kappa shape index (κ2) is 8.91. The SMILES string of the molecule is O=C(COc1cc(=O)oc2ccccc12)OCc1cn(Cc2ccccc2Br)nn1. The van der Waals surface area contributed by atoms with Crippen LogP contribution in [0.4, 0.5) is 0 Å². The van der Waals surface area contributed by atoms with E-state index in [0.29, 0.717) is 23.2 Å². The van der Waals surface area contributed by atoms with Crippen molar-refractivity contribution in [3.05, 3.63) is 86.9 Å². The molecule has 0 aliphatic heterocycles. The van der Waals surface area contributed by atoms with Crippen LogP contribution in [0.15, 0.2) is 74.5 Å². The lowest BCUT2D eigenvalue weighted by atomic mass is 10.2. The molecule has 0 atom stereocenters. The summed E-state index contributed by atoms with van der Waals surface area (Å²) in [6, 6.07) is 15.9. The minimum atomic E-state index is -0.590. The van der Waals surface area contributed by atoms with Crippen molar-refractivity contribution in [3.8, 4) is 5.75 Å². The van der Waals surface area contributed by atoms with Crippen molar-refractivity contribution in [1.82, 2.24) is 15.0 Å². The van der Waals surface area contributed by atoms with E-state index in [-0.39, 0.29) is 19.0 Å². The number of hydrogen-bond acceptors (Lipinski definition) is 7. The van der Waals surface area contributed by atoms with E-state index in [2.05, 4.69) is 26.2 Å². The number of ether oxygens (including phenoxy) is 2. The van der Waals surface area contributed by atoms with Crippen molar-refractivity contribution in [3.63, 3.8) is 0 Å². The van der Waals surface area contributed by atoms with Gasteiger partial charge in [-0.05, 0) is 23.8 Å². The molecule has 0 amide bonds. The molecular weight excluding hydrogens is 454 g/mol. The highest BCUT2D eigenvalue weighted by Crippen LogP contribution is 2.23. The van der Waals surface area contributed by atoms with Gasteiger partial charge < -0.3 is 13.9 Å². The molecule has 0 aliphatic carbocycles. The second-order valence-electron chi connectivity index (χ2n) is 6.37. The quantitative estimate of drug-likeness (QED) is 0.302. The minimum absolute atomic E-state index is 0.0319. The van der Waals surface area contributed by atoms with E-state index in [9.17, 15) is 9.59 Å². The number of rotatable bonds is 7. The molecule has 0 aliphatic rings. The van der Waals surface area contributed by atoms with Crippen LogP contribution in [0.3, 0.4) is 0 Å². The fourth-order valence-electron chi connectivity index (χ4n) is 2.82. The molecule has 0 radical (unpaired) electrons. The molecule has 4 aromatic rings. The highest BCUT2D eigenvalue weighted by molar-refractivity contribution is 9.10. The number of carbonyl (C=O) groups excluding carboxylic acids is 1. The molecule has 0 bridgehead atoms. The van der Waals surface area contributed by atoms with Crippen LogP contribution < -0.4 is 10.4 Å². The number of esters is 1. The lowest BCUT2D eigenvalue weighted by Gasteiger charge is -2.08. The summed E-state index contributed by atoms with van der Waals surface area (Å²) in [6.07, 6.45) is 1.71. The van der Waals surface area contributed by atoms with Gasteiger partial charge in [-0.1, -0.05) is 51.5 Å². The summed E-state index contributed by atoms with van der Waals surface area (Å²) >= 11 is 3.50. The van der Waals surface area contributed by atoms with Gasteiger partial charge in [0.15, 0.2) is 6.61 Å². The van der Waals surface area contributed by atoms with Crippen LogP contribution in [0.1, 0.15) is 11.3 Å². The van der Waals surface area contributed by atoms with Gasteiger partial charge in [-0.3, -0.25) is 0 Å². The zero-order valence-electron chi connectivity index (χ0n) is 15.7. The Balaban J connectivity index is 1.32. The van der Waals surface area contributed by atoms with Crippen molar-refractivity contribution in [2.75, 3.05) is 6.61 Å². The van der Waals surface area contributed by atoms with Gasteiger partial charge in [0.05, 0.1) is 24.2 Å². The molecule has 2 heterocycles. The molecule has 30 heavy (non-hydrogen) atoms. The molecular formula is C21H16BrN3O5. The van der Waals surface area contributed by atoms with Crippen LogP contribution >= 0.6 is 15.9 Å². The van der Waals surface area contributed by atoms with E-state index in [1.54, 1.807) is 35.1 Å². The highest BCUT2D eigenvalue weighted by Gasteiger charge is 2.11. The standard InChI is InChI=1S/C21H16BrN3O5/c22-17-7-3-1-5-14(17)10-25-11-15(23-24-25)12-29-21(27)13-28-19-9-20(26)30-18-8-4-2-6-16(18)19/h1-9,11H,10,12-13H2. The van der Waals surface area contributed by atoms with Gasteiger partial charge in [0.1, 0.15) is 23.6 Å². The lowest BCUT2D eigenvalue weighted by molar-refractivity contribution is -0.147. The normalized spacial score (nSPS) is 10.8. The number of nitrogens with zero attached hydrogens (tertiary/aromatic N) is 3. The molecule has 4 rings (SSSR count). The van der Waals surface area contributed by atoms with E-state index >= 15 is 0 Å². The third-order valence-corrected chi connectivity index (χ3v) is 4.99. The maximum absolute atomic E-state index is 12.0. The van der Waals surface area contributed by atoms with E-state index in [4.69, 9.17) is 13.9 Å². The Morgan fingerprint density at radius 2 is 1.93 bits per heavy atom. The Hall–Kier alpha value is -3.46. The number of carbonyl (C=O) groups is 1. The van der Waals surface area contributed by atoms with E-state index in [1.807, 2.05) is 24.3 Å². The topological polar surface area (TPSA) is 96.5 Å². The average Bonchev–Trinajstić information content (AvgIpc) is 3.19.